The van der Waals surface area contributed by atoms with Crippen LogP contribution >= 0.6 is 11.8 Å². The topological polar surface area (TPSA) is 64.1 Å². The van der Waals surface area contributed by atoms with Gasteiger partial charge in [0.1, 0.15) is 5.75 Å². The van der Waals surface area contributed by atoms with E-state index in [0.717, 1.165) is 23.4 Å². The minimum atomic E-state index is -0.120. The number of carbonyl (C=O) groups is 1. The molecule has 0 aliphatic carbocycles. The number of hydrogen-bond acceptors (Lipinski definition) is 5. The van der Waals surface area contributed by atoms with Crippen molar-refractivity contribution < 1.29 is 9.53 Å². The largest absolute Gasteiger partial charge is 0.494 e. The first-order valence-electron chi connectivity index (χ1n) is 8.07. The van der Waals surface area contributed by atoms with Crippen LogP contribution in [0, 0.1) is 0 Å². The Morgan fingerprint density at radius 3 is 2.62 bits per heavy atom. The quantitative estimate of drug-likeness (QED) is 0.588. The Bertz CT molecular complexity index is 674. The van der Waals surface area contributed by atoms with Gasteiger partial charge in [0.05, 0.1) is 17.9 Å². The summed E-state index contributed by atoms with van der Waals surface area (Å²) >= 11 is 1.47. The lowest BCUT2D eigenvalue weighted by molar-refractivity contribution is 0.0952. The Balaban J connectivity index is 1.91. The summed E-state index contributed by atoms with van der Waals surface area (Å²) < 4.78 is 5.42. The molecule has 0 atom stereocenters. The molecule has 0 bridgehead atoms. The van der Waals surface area contributed by atoms with Gasteiger partial charge in [0.25, 0.3) is 5.91 Å². The van der Waals surface area contributed by atoms with E-state index < -0.39 is 0 Å². The molecule has 6 heteroatoms. The summed E-state index contributed by atoms with van der Waals surface area (Å²) in [7, 11) is 0. The highest BCUT2D eigenvalue weighted by Crippen LogP contribution is 2.14. The third kappa shape index (κ3) is 4.96. The number of aryl methyl sites for hydroxylation is 1. The Hall–Kier alpha value is -2.08. The lowest BCUT2D eigenvalue weighted by Crippen LogP contribution is -2.27. The molecule has 0 spiro atoms. The molecule has 2 rings (SSSR count). The zero-order valence-corrected chi connectivity index (χ0v) is 15.2. The van der Waals surface area contributed by atoms with Gasteiger partial charge in [-0.2, -0.15) is 0 Å². The molecule has 1 aromatic heterocycles. The van der Waals surface area contributed by atoms with Gasteiger partial charge in [-0.15, -0.1) is 0 Å². The van der Waals surface area contributed by atoms with Crippen molar-refractivity contribution in [2.45, 2.75) is 31.8 Å². The second-order valence-electron chi connectivity index (χ2n) is 5.15. The predicted molar refractivity (Wildman–Crippen MR) is 96.8 cm³/mol. The first-order chi connectivity index (χ1) is 11.7. The van der Waals surface area contributed by atoms with Gasteiger partial charge in [-0.05, 0) is 43.7 Å². The first-order valence-corrected chi connectivity index (χ1v) is 9.30. The number of nitrogens with zero attached hydrogens (tertiary/aromatic N) is 2. The van der Waals surface area contributed by atoms with E-state index in [1.807, 2.05) is 44.4 Å². The molecule has 5 nitrogen and oxygen atoms in total. The van der Waals surface area contributed by atoms with E-state index in [1.54, 1.807) is 6.20 Å². The average Bonchev–Trinajstić information content (AvgIpc) is 2.62. The Kier molecular flexibility index (Phi) is 7.06. The summed E-state index contributed by atoms with van der Waals surface area (Å²) in [4.78, 5) is 20.9. The summed E-state index contributed by atoms with van der Waals surface area (Å²) in [6, 6.07) is 7.94. The van der Waals surface area contributed by atoms with Gasteiger partial charge < -0.3 is 10.1 Å². The van der Waals surface area contributed by atoms with Crippen molar-refractivity contribution in [1.82, 2.24) is 15.3 Å². The van der Waals surface area contributed by atoms with Crippen LogP contribution in [0.3, 0.4) is 0 Å². The van der Waals surface area contributed by atoms with Crippen molar-refractivity contribution in [1.29, 1.82) is 0 Å². The van der Waals surface area contributed by atoms with Crippen LogP contribution < -0.4 is 10.1 Å². The van der Waals surface area contributed by atoms with Crippen LogP contribution in [0.4, 0.5) is 0 Å². The highest BCUT2D eigenvalue weighted by molar-refractivity contribution is 7.98. The summed E-state index contributed by atoms with van der Waals surface area (Å²) in [5, 5.41) is 3.63. The van der Waals surface area contributed by atoms with Gasteiger partial charge in [0, 0.05) is 12.7 Å². The summed E-state index contributed by atoms with van der Waals surface area (Å²) in [5.74, 6) is 0.745. The fourth-order valence-electron chi connectivity index (χ4n) is 2.29. The number of ether oxygens (including phenoxy) is 1. The normalized spacial score (nSPS) is 10.5. The van der Waals surface area contributed by atoms with Crippen LogP contribution in [0.15, 0.2) is 35.6 Å². The molecule has 0 saturated heterocycles. The Morgan fingerprint density at radius 1 is 1.25 bits per heavy atom. The number of benzene rings is 1. The van der Waals surface area contributed by atoms with Crippen molar-refractivity contribution >= 4 is 17.7 Å². The molecule has 1 heterocycles. The number of rotatable bonds is 8. The molecule has 0 radical (unpaired) electrons. The number of aromatic nitrogens is 2. The van der Waals surface area contributed by atoms with E-state index >= 15 is 0 Å². The lowest BCUT2D eigenvalue weighted by Gasteiger charge is -2.09. The highest BCUT2D eigenvalue weighted by Gasteiger charge is 2.13. The van der Waals surface area contributed by atoms with Gasteiger partial charge in [-0.3, -0.25) is 4.79 Å². The third-order valence-electron chi connectivity index (χ3n) is 3.54. The zero-order chi connectivity index (χ0) is 17.4. The van der Waals surface area contributed by atoms with E-state index in [0.29, 0.717) is 30.3 Å². The molecule has 0 aliphatic heterocycles. The molecule has 24 heavy (non-hydrogen) atoms. The predicted octanol–water partition coefficient (Wildman–Crippen LogP) is 3.13. The minimum absolute atomic E-state index is 0.120. The zero-order valence-electron chi connectivity index (χ0n) is 14.3. The van der Waals surface area contributed by atoms with Crippen molar-refractivity contribution in [2.24, 2.45) is 0 Å². The smallest absolute Gasteiger partial charge is 0.254 e. The first kappa shape index (κ1) is 18.3. The van der Waals surface area contributed by atoms with E-state index in [1.165, 1.54) is 11.8 Å². The van der Waals surface area contributed by atoms with Gasteiger partial charge in [-0.1, -0.05) is 30.8 Å². The van der Waals surface area contributed by atoms with Gasteiger partial charge >= 0.3 is 0 Å². The molecule has 1 amide bonds. The maximum absolute atomic E-state index is 12.3. The van der Waals surface area contributed by atoms with E-state index in [-0.39, 0.29) is 5.91 Å². The molecule has 0 fully saturated rings. The molecule has 2 aromatic rings. The fraction of sp³-hybridized carbons (Fsp3) is 0.389. The van der Waals surface area contributed by atoms with Crippen molar-refractivity contribution in [3.63, 3.8) is 0 Å². The molecule has 0 unspecified atom stereocenters. The molecule has 1 N–H and O–H groups in total. The van der Waals surface area contributed by atoms with Crippen molar-refractivity contribution in [2.75, 3.05) is 19.4 Å². The SMILES string of the molecule is CCOc1ccc(CCNC(=O)c2cnc(SC)nc2CC)cc1. The maximum Gasteiger partial charge on any atom is 0.254 e. The monoisotopic (exact) mass is 345 g/mol. The van der Waals surface area contributed by atoms with Gasteiger partial charge in [0.15, 0.2) is 5.16 Å². The van der Waals surface area contributed by atoms with Crippen molar-refractivity contribution in [3.05, 3.63) is 47.3 Å². The lowest BCUT2D eigenvalue weighted by atomic mass is 10.1. The van der Waals surface area contributed by atoms with Crippen LogP contribution in [-0.4, -0.2) is 35.3 Å². The van der Waals surface area contributed by atoms with Gasteiger partial charge in [-0.25, -0.2) is 9.97 Å². The summed E-state index contributed by atoms with van der Waals surface area (Å²) in [5.41, 5.74) is 2.50. The number of amides is 1. The number of thioether (sulfide) groups is 1. The molecule has 128 valence electrons. The molecule has 0 saturated carbocycles. The maximum atomic E-state index is 12.3. The van der Waals surface area contributed by atoms with Crippen LogP contribution in [0.1, 0.15) is 35.5 Å². The van der Waals surface area contributed by atoms with Crippen LogP contribution in [0.5, 0.6) is 5.75 Å². The second kappa shape index (κ2) is 9.27. The standard InChI is InChI=1S/C18H23N3O2S/c1-4-16-15(12-20-18(21-16)24-3)17(22)19-11-10-13-6-8-14(9-7-13)23-5-2/h6-9,12H,4-5,10-11H2,1-3H3,(H,19,22). The van der Waals surface area contributed by atoms with E-state index in [4.69, 9.17) is 4.74 Å². The minimum Gasteiger partial charge on any atom is -0.494 e. The van der Waals surface area contributed by atoms with Crippen molar-refractivity contribution in [3.8, 4) is 5.75 Å². The highest BCUT2D eigenvalue weighted by atomic mass is 32.2. The van der Waals surface area contributed by atoms with E-state index in [9.17, 15) is 4.79 Å². The van der Waals surface area contributed by atoms with Crippen LogP contribution in [-0.2, 0) is 12.8 Å². The average molecular weight is 345 g/mol. The third-order valence-corrected chi connectivity index (χ3v) is 4.10. The Morgan fingerprint density at radius 2 is 2.00 bits per heavy atom. The molecular formula is C18H23N3O2S. The fourth-order valence-corrected chi connectivity index (χ4v) is 2.65. The second-order valence-corrected chi connectivity index (χ2v) is 5.93. The molecular weight excluding hydrogens is 322 g/mol. The van der Waals surface area contributed by atoms with Crippen LogP contribution in [0.25, 0.3) is 0 Å². The summed E-state index contributed by atoms with van der Waals surface area (Å²) in [6.07, 6.45) is 5.01. The molecule has 0 aliphatic rings. The number of carbonyl (C=O) groups excluding carboxylic acids is 1. The molecule has 1 aromatic carbocycles. The number of hydrogen-bond donors (Lipinski definition) is 1. The summed E-state index contributed by atoms with van der Waals surface area (Å²) in [6.45, 7) is 5.18. The Labute approximate surface area is 147 Å². The number of nitrogens with one attached hydrogen (secondary N) is 1. The van der Waals surface area contributed by atoms with Gasteiger partial charge in [0.2, 0.25) is 0 Å². The van der Waals surface area contributed by atoms with E-state index in [2.05, 4.69) is 15.3 Å². The van der Waals surface area contributed by atoms with Crippen LogP contribution in [0.2, 0.25) is 0 Å².